The minimum Gasteiger partial charge on any atom is -0.511 e. The number of epoxide rings is 1. The van der Waals surface area contributed by atoms with Crippen LogP contribution in [0.3, 0.4) is 0 Å². The molecular formula is C31H40F3N3O5. The molecule has 0 bridgehead atoms. The summed E-state index contributed by atoms with van der Waals surface area (Å²) >= 11 is 0. The zero-order chi connectivity index (χ0) is 31.0. The number of Topliss-reactive ketones (excluding diaryl/α,β-unsaturated/α-hetero) is 1. The molecule has 1 aromatic rings. The lowest BCUT2D eigenvalue weighted by Crippen LogP contribution is -2.41. The molecule has 8 nitrogen and oxygen atoms in total. The summed E-state index contributed by atoms with van der Waals surface area (Å²) in [5.74, 6) is -3.10. The molecular weight excluding hydrogens is 551 g/mol. The maximum absolute atomic E-state index is 14.3. The molecule has 1 aliphatic heterocycles. The standard InChI is InChI=1S/C25H25F3N2O5.C4H8.C2H7N/c1-3-4-30-9-12-7-15(31)19-14(20(12)25(26,27)28)6-11-5-13-8-16(32)17(23(29)34)10(2)24(13)22(35-24)18(11)21(19)33;1-2-4-3-1;1-3-2/h7,11,13,30-32H,2-6,8-9H2,1H3,(H2,29,34);1-4H2;3H,1-2H3/t11?,13-,24-;;/m0../s1. The van der Waals surface area contributed by atoms with E-state index in [1.165, 1.54) is 25.7 Å². The van der Waals surface area contributed by atoms with Crippen molar-refractivity contribution in [1.29, 1.82) is 0 Å². The van der Waals surface area contributed by atoms with Crippen LogP contribution in [0.4, 0.5) is 13.2 Å². The summed E-state index contributed by atoms with van der Waals surface area (Å²) in [6, 6.07) is 1.01. The summed E-state index contributed by atoms with van der Waals surface area (Å²) in [4.78, 5) is 25.4. The Morgan fingerprint density at radius 1 is 1.19 bits per heavy atom. The number of rotatable bonds is 5. The average molecular weight is 592 g/mol. The van der Waals surface area contributed by atoms with Crippen molar-refractivity contribution in [3.05, 3.63) is 63.1 Å². The topological polar surface area (TPSA) is 137 Å². The second-order valence-corrected chi connectivity index (χ2v) is 11.5. The van der Waals surface area contributed by atoms with Gasteiger partial charge in [-0.05, 0) is 63.0 Å². The highest BCUT2D eigenvalue weighted by Gasteiger charge is 2.69. The van der Waals surface area contributed by atoms with Gasteiger partial charge in [-0.2, -0.15) is 13.2 Å². The maximum Gasteiger partial charge on any atom is 0.417 e. The number of aliphatic hydroxyl groups excluding tert-OH is 1. The molecule has 5 aliphatic rings. The van der Waals surface area contributed by atoms with Crippen molar-refractivity contribution in [1.82, 2.24) is 10.6 Å². The Bertz CT molecular complexity index is 1340. The van der Waals surface area contributed by atoms with Gasteiger partial charge in [0.05, 0.1) is 16.7 Å². The van der Waals surface area contributed by atoms with Gasteiger partial charge in [-0.25, -0.2) is 0 Å². The number of phenols is 1. The molecule has 1 saturated heterocycles. The van der Waals surface area contributed by atoms with E-state index in [0.29, 0.717) is 6.54 Å². The number of hydrogen-bond acceptors (Lipinski definition) is 7. The first-order valence-corrected chi connectivity index (χ1v) is 14.5. The summed E-state index contributed by atoms with van der Waals surface area (Å²) in [6.07, 6.45) is 2.17. The van der Waals surface area contributed by atoms with Crippen LogP contribution in [0.2, 0.25) is 0 Å². The number of fused-ring (bicyclic) bond motifs is 2. The van der Waals surface area contributed by atoms with E-state index in [1.54, 1.807) is 0 Å². The Balaban J connectivity index is 0.000000516. The number of hydrogen-bond donors (Lipinski definition) is 5. The van der Waals surface area contributed by atoms with Crippen LogP contribution in [-0.4, -0.2) is 48.1 Å². The molecule has 0 radical (unpaired) electrons. The number of ketones is 1. The molecule has 6 rings (SSSR count). The highest BCUT2D eigenvalue weighted by molar-refractivity contribution is 6.14. The summed E-state index contributed by atoms with van der Waals surface area (Å²) in [5, 5.41) is 26.8. The van der Waals surface area contributed by atoms with Crippen molar-refractivity contribution >= 4 is 11.7 Å². The number of nitrogens with one attached hydrogen (secondary N) is 2. The number of carbonyl (C=O) groups excluding carboxylic acids is 2. The van der Waals surface area contributed by atoms with Crippen molar-refractivity contribution in [3.8, 4) is 5.75 Å². The fourth-order valence-corrected chi connectivity index (χ4v) is 6.37. The quantitative estimate of drug-likeness (QED) is 0.241. The van der Waals surface area contributed by atoms with Gasteiger partial charge in [0.1, 0.15) is 11.5 Å². The number of ether oxygens (including phenoxy) is 1. The molecule has 0 aromatic heterocycles. The molecule has 6 N–H and O–H groups in total. The highest BCUT2D eigenvalue weighted by atomic mass is 19.4. The number of phenolic OH excluding ortho intramolecular Hbond substituents is 1. The Morgan fingerprint density at radius 3 is 2.33 bits per heavy atom. The van der Waals surface area contributed by atoms with Gasteiger partial charge in [-0.15, -0.1) is 0 Å². The number of alkyl halides is 3. The lowest BCUT2D eigenvalue weighted by Gasteiger charge is -2.38. The molecule has 1 aromatic carbocycles. The number of nitrogens with two attached hydrogens (primary N) is 1. The average Bonchev–Trinajstić information content (AvgIpc) is 3.58. The minimum atomic E-state index is -4.73. The molecule has 2 fully saturated rings. The number of primary amides is 1. The van der Waals surface area contributed by atoms with Crippen molar-refractivity contribution in [2.45, 2.75) is 76.6 Å². The van der Waals surface area contributed by atoms with E-state index in [2.05, 4.69) is 17.2 Å². The SMILES string of the molecule is C1CCC1.C=C1C(C(N)=O)=C(O)C[C@@H]2CC3Cc4c(c(O)cc(CNCCC)c4C(F)(F)F)C(=O)C3=C3O[C@]132.CNC. The minimum absolute atomic E-state index is 0.0317. The molecule has 4 aliphatic carbocycles. The Kier molecular flexibility index (Phi) is 9.13. The van der Waals surface area contributed by atoms with Crippen LogP contribution in [0.25, 0.3) is 0 Å². The van der Waals surface area contributed by atoms with E-state index >= 15 is 0 Å². The number of amides is 1. The van der Waals surface area contributed by atoms with Crippen LogP contribution in [0.15, 0.2) is 40.9 Å². The summed E-state index contributed by atoms with van der Waals surface area (Å²) in [7, 11) is 3.75. The second kappa shape index (κ2) is 12.1. The molecule has 1 amide bonds. The van der Waals surface area contributed by atoms with Crippen LogP contribution < -0.4 is 16.4 Å². The molecule has 1 saturated carbocycles. The van der Waals surface area contributed by atoms with Gasteiger partial charge in [0.2, 0.25) is 0 Å². The number of carbonyl (C=O) groups is 2. The van der Waals surface area contributed by atoms with Crippen molar-refractivity contribution < 1.29 is 37.7 Å². The first-order chi connectivity index (χ1) is 19.8. The lowest BCUT2D eigenvalue weighted by atomic mass is 9.62. The van der Waals surface area contributed by atoms with Crippen molar-refractivity contribution in [2.75, 3.05) is 20.6 Å². The third-order valence-corrected chi connectivity index (χ3v) is 8.52. The van der Waals surface area contributed by atoms with Gasteiger partial charge in [0.15, 0.2) is 17.1 Å². The first-order valence-electron chi connectivity index (χ1n) is 14.5. The highest BCUT2D eigenvalue weighted by Crippen LogP contribution is 2.66. The van der Waals surface area contributed by atoms with Gasteiger partial charge < -0.3 is 31.3 Å². The van der Waals surface area contributed by atoms with Crippen LogP contribution in [-0.2, 0) is 28.7 Å². The molecule has 1 spiro atoms. The monoisotopic (exact) mass is 591 g/mol. The van der Waals surface area contributed by atoms with E-state index < -0.39 is 46.6 Å². The maximum atomic E-state index is 14.3. The molecule has 230 valence electrons. The number of allylic oxidation sites excluding steroid dienone is 2. The van der Waals surface area contributed by atoms with E-state index in [-0.39, 0.29) is 70.7 Å². The van der Waals surface area contributed by atoms with Gasteiger partial charge in [0.25, 0.3) is 5.91 Å². The van der Waals surface area contributed by atoms with E-state index in [0.717, 1.165) is 12.5 Å². The first kappa shape index (κ1) is 31.6. The smallest absolute Gasteiger partial charge is 0.417 e. The van der Waals surface area contributed by atoms with Crippen LogP contribution in [0.5, 0.6) is 5.75 Å². The number of halogens is 3. The van der Waals surface area contributed by atoms with E-state index in [1.807, 2.05) is 21.0 Å². The van der Waals surface area contributed by atoms with Crippen LogP contribution >= 0.6 is 0 Å². The number of aliphatic hydroxyl groups is 1. The van der Waals surface area contributed by atoms with Gasteiger partial charge in [0, 0.05) is 30.0 Å². The van der Waals surface area contributed by atoms with Gasteiger partial charge in [-0.1, -0.05) is 39.2 Å². The van der Waals surface area contributed by atoms with Gasteiger partial charge in [-0.3, -0.25) is 9.59 Å². The summed E-state index contributed by atoms with van der Waals surface area (Å²) in [6.45, 7) is 6.18. The fraction of sp³-hybridized carbons (Fsp3) is 0.548. The lowest BCUT2D eigenvalue weighted by molar-refractivity contribution is -0.139. The Morgan fingerprint density at radius 2 is 1.81 bits per heavy atom. The third kappa shape index (κ3) is 5.44. The Hall–Kier alpha value is -3.31. The third-order valence-electron chi connectivity index (χ3n) is 8.52. The predicted octanol–water partition coefficient (Wildman–Crippen LogP) is 4.96. The molecule has 1 unspecified atom stereocenters. The predicted molar refractivity (Wildman–Crippen MR) is 152 cm³/mol. The normalized spacial score (nSPS) is 25.3. The molecule has 1 heterocycles. The summed E-state index contributed by atoms with van der Waals surface area (Å²) < 4.78 is 48.6. The largest absolute Gasteiger partial charge is 0.511 e. The molecule has 3 atom stereocenters. The number of benzene rings is 1. The van der Waals surface area contributed by atoms with Gasteiger partial charge >= 0.3 is 6.18 Å². The fourth-order valence-electron chi connectivity index (χ4n) is 6.37. The van der Waals surface area contributed by atoms with E-state index in [4.69, 9.17) is 10.5 Å². The zero-order valence-electron chi connectivity index (χ0n) is 24.3. The second-order valence-electron chi connectivity index (χ2n) is 11.5. The van der Waals surface area contributed by atoms with Crippen LogP contribution in [0.1, 0.15) is 78.9 Å². The Labute approximate surface area is 243 Å². The van der Waals surface area contributed by atoms with Crippen LogP contribution in [0, 0.1) is 11.8 Å². The molecule has 11 heteroatoms. The summed E-state index contributed by atoms with van der Waals surface area (Å²) in [5.41, 5.74) is 2.83. The molecule has 42 heavy (non-hydrogen) atoms. The van der Waals surface area contributed by atoms with Crippen molar-refractivity contribution in [3.63, 3.8) is 0 Å². The number of aromatic hydroxyl groups is 1. The van der Waals surface area contributed by atoms with E-state index in [9.17, 15) is 33.0 Å². The van der Waals surface area contributed by atoms with Crippen molar-refractivity contribution in [2.24, 2.45) is 17.6 Å². The zero-order valence-corrected chi connectivity index (χ0v) is 24.3.